The van der Waals surface area contributed by atoms with E-state index >= 15 is 0 Å². The van der Waals surface area contributed by atoms with Gasteiger partial charge in [0.2, 0.25) is 5.90 Å². The van der Waals surface area contributed by atoms with Crippen LogP contribution in [0.4, 0.5) is 0 Å². The molecular formula is C6H13N3OS. The molecule has 5 heteroatoms. The van der Waals surface area contributed by atoms with Crippen molar-refractivity contribution < 1.29 is 4.74 Å². The third kappa shape index (κ3) is 5.60. The Morgan fingerprint density at radius 1 is 1.64 bits per heavy atom. The van der Waals surface area contributed by atoms with E-state index in [1.54, 1.807) is 0 Å². The van der Waals surface area contributed by atoms with Crippen LogP contribution in [0.1, 0.15) is 20.3 Å². The van der Waals surface area contributed by atoms with E-state index in [1.165, 1.54) is 0 Å². The van der Waals surface area contributed by atoms with Gasteiger partial charge >= 0.3 is 0 Å². The van der Waals surface area contributed by atoms with Crippen LogP contribution < -0.4 is 11.2 Å². The van der Waals surface area contributed by atoms with Gasteiger partial charge in [0.15, 0.2) is 5.11 Å². The second-order valence-electron chi connectivity index (χ2n) is 1.77. The molecule has 3 N–H and O–H groups in total. The molecular weight excluding hydrogens is 162 g/mol. The normalized spacial score (nSPS) is 10.9. The van der Waals surface area contributed by atoms with Crippen molar-refractivity contribution in [3.8, 4) is 0 Å². The van der Waals surface area contributed by atoms with Gasteiger partial charge in [-0.2, -0.15) is 0 Å². The number of hydrazone groups is 1. The molecule has 0 aromatic rings. The number of thiocarbonyl (C=S) groups is 1. The zero-order chi connectivity index (χ0) is 8.69. The Hall–Kier alpha value is -0.840. The van der Waals surface area contributed by atoms with Crippen LogP contribution in [0.2, 0.25) is 0 Å². The topological polar surface area (TPSA) is 59.6 Å². The lowest BCUT2D eigenvalue weighted by molar-refractivity contribution is 0.316. The average Bonchev–Trinajstić information content (AvgIpc) is 1.97. The number of ether oxygens (including phenoxy) is 1. The van der Waals surface area contributed by atoms with Crippen molar-refractivity contribution in [3.05, 3.63) is 0 Å². The summed E-state index contributed by atoms with van der Waals surface area (Å²) in [6.07, 6.45) is 0.726. The van der Waals surface area contributed by atoms with Gasteiger partial charge in [0.1, 0.15) is 0 Å². The van der Waals surface area contributed by atoms with E-state index in [1.807, 2.05) is 13.8 Å². The van der Waals surface area contributed by atoms with Gasteiger partial charge in [0.05, 0.1) is 6.61 Å². The van der Waals surface area contributed by atoms with Gasteiger partial charge in [-0.1, -0.05) is 6.92 Å². The molecule has 0 aliphatic rings. The van der Waals surface area contributed by atoms with Crippen LogP contribution in [0.25, 0.3) is 0 Å². The quantitative estimate of drug-likeness (QED) is 0.285. The summed E-state index contributed by atoms with van der Waals surface area (Å²) in [4.78, 5) is 0. The first kappa shape index (κ1) is 10.2. The lowest BCUT2D eigenvalue weighted by Crippen LogP contribution is -2.25. The first-order valence-corrected chi connectivity index (χ1v) is 3.86. The molecule has 0 saturated carbocycles. The van der Waals surface area contributed by atoms with Crippen LogP contribution in [0.15, 0.2) is 5.10 Å². The Bertz CT molecular complexity index is 158. The minimum absolute atomic E-state index is 0.149. The lowest BCUT2D eigenvalue weighted by atomic mass is 10.5. The minimum Gasteiger partial charge on any atom is -0.480 e. The van der Waals surface area contributed by atoms with Crippen molar-refractivity contribution in [2.75, 3.05) is 6.61 Å². The Labute approximate surface area is 71.8 Å². The van der Waals surface area contributed by atoms with Crippen molar-refractivity contribution in [1.29, 1.82) is 0 Å². The lowest BCUT2D eigenvalue weighted by Gasteiger charge is -2.03. The zero-order valence-corrected chi connectivity index (χ0v) is 7.57. The van der Waals surface area contributed by atoms with Crippen molar-refractivity contribution in [2.24, 2.45) is 10.8 Å². The fourth-order valence-corrected chi connectivity index (χ4v) is 0.543. The highest BCUT2D eigenvalue weighted by Crippen LogP contribution is 1.86. The molecule has 0 aliphatic heterocycles. The third-order valence-corrected chi connectivity index (χ3v) is 0.995. The first-order valence-electron chi connectivity index (χ1n) is 3.45. The molecule has 64 valence electrons. The van der Waals surface area contributed by atoms with Crippen molar-refractivity contribution in [2.45, 2.75) is 20.3 Å². The van der Waals surface area contributed by atoms with Gasteiger partial charge < -0.3 is 10.5 Å². The van der Waals surface area contributed by atoms with Gasteiger partial charge in [0, 0.05) is 6.42 Å². The fraction of sp³-hybridized carbons (Fsp3) is 0.667. The largest absolute Gasteiger partial charge is 0.480 e. The Balaban J connectivity index is 3.80. The Morgan fingerprint density at radius 2 is 2.27 bits per heavy atom. The van der Waals surface area contributed by atoms with Gasteiger partial charge in [-0.3, -0.25) is 5.43 Å². The molecule has 4 nitrogen and oxygen atoms in total. The maximum absolute atomic E-state index is 5.15. The molecule has 0 aromatic carbocycles. The summed E-state index contributed by atoms with van der Waals surface area (Å²) in [6.45, 7) is 4.44. The Kier molecular flexibility index (Phi) is 5.46. The summed E-state index contributed by atoms with van der Waals surface area (Å²) < 4.78 is 5.11. The molecule has 0 radical (unpaired) electrons. The molecule has 0 unspecified atom stereocenters. The molecule has 0 heterocycles. The van der Waals surface area contributed by atoms with Crippen molar-refractivity contribution in [3.63, 3.8) is 0 Å². The highest BCUT2D eigenvalue weighted by molar-refractivity contribution is 7.80. The highest BCUT2D eigenvalue weighted by atomic mass is 32.1. The van der Waals surface area contributed by atoms with Crippen LogP contribution in [0.5, 0.6) is 0 Å². The molecule has 11 heavy (non-hydrogen) atoms. The predicted octanol–water partition coefficient (Wildman–Crippen LogP) is 0.580. The summed E-state index contributed by atoms with van der Waals surface area (Å²) in [6, 6.07) is 0. The molecule has 0 aromatic heterocycles. The molecule has 0 spiro atoms. The number of hydrogen-bond donors (Lipinski definition) is 2. The summed E-state index contributed by atoms with van der Waals surface area (Å²) in [5.41, 5.74) is 7.60. The van der Waals surface area contributed by atoms with E-state index in [0.717, 1.165) is 6.42 Å². The van der Waals surface area contributed by atoms with Gasteiger partial charge in [-0.05, 0) is 19.1 Å². The standard InChI is InChI=1S/C6H13N3OS/c1-3-5(10-4-2)8-9-6(7)11/h3-4H2,1-2H3,(H3,7,9,11)/b8-5-. The maximum atomic E-state index is 5.15. The number of hydrogen-bond acceptors (Lipinski definition) is 3. The van der Waals surface area contributed by atoms with Crippen LogP contribution in [0.3, 0.4) is 0 Å². The molecule has 0 fully saturated rings. The predicted molar refractivity (Wildman–Crippen MR) is 49.3 cm³/mol. The van der Waals surface area contributed by atoms with Crippen molar-refractivity contribution in [1.82, 2.24) is 5.43 Å². The number of nitrogens with one attached hydrogen (secondary N) is 1. The van der Waals surface area contributed by atoms with Crippen LogP contribution in [-0.2, 0) is 4.74 Å². The van der Waals surface area contributed by atoms with Crippen molar-refractivity contribution >= 4 is 23.2 Å². The maximum Gasteiger partial charge on any atom is 0.205 e. The molecule has 0 atom stereocenters. The van der Waals surface area contributed by atoms with Gasteiger partial charge in [-0.15, -0.1) is 5.10 Å². The van der Waals surface area contributed by atoms with E-state index in [9.17, 15) is 0 Å². The second-order valence-corrected chi connectivity index (χ2v) is 2.21. The minimum atomic E-state index is 0.149. The summed E-state index contributed by atoms with van der Waals surface area (Å²) >= 11 is 4.55. The smallest absolute Gasteiger partial charge is 0.205 e. The second kappa shape index (κ2) is 5.91. The molecule has 0 rings (SSSR count). The zero-order valence-electron chi connectivity index (χ0n) is 6.76. The molecule has 0 amide bonds. The Morgan fingerprint density at radius 3 is 2.64 bits per heavy atom. The summed E-state index contributed by atoms with van der Waals surface area (Å²) in [5, 5.41) is 3.96. The van der Waals surface area contributed by atoms with Crippen LogP contribution >= 0.6 is 12.2 Å². The van der Waals surface area contributed by atoms with Crippen LogP contribution in [0, 0.1) is 0 Å². The van der Waals surface area contributed by atoms with Gasteiger partial charge in [-0.25, -0.2) is 0 Å². The number of rotatable bonds is 3. The highest BCUT2D eigenvalue weighted by Gasteiger charge is 1.93. The van der Waals surface area contributed by atoms with E-state index in [2.05, 4.69) is 22.7 Å². The fourth-order valence-electron chi connectivity index (χ4n) is 0.497. The van der Waals surface area contributed by atoms with Crippen LogP contribution in [-0.4, -0.2) is 17.6 Å². The molecule has 0 bridgehead atoms. The summed E-state index contributed by atoms with van der Waals surface area (Å²) in [5.74, 6) is 0.611. The number of nitrogens with zero attached hydrogens (tertiary/aromatic N) is 1. The van der Waals surface area contributed by atoms with E-state index in [4.69, 9.17) is 10.5 Å². The van der Waals surface area contributed by atoms with E-state index in [0.29, 0.717) is 12.5 Å². The average molecular weight is 175 g/mol. The van der Waals surface area contributed by atoms with Gasteiger partial charge in [0.25, 0.3) is 0 Å². The monoisotopic (exact) mass is 175 g/mol. The number of nitrogens with two attached hydrogens (primary N) is 1. The summed E-state index contributed by atoms with van der Waals surface area (Å²) in [7, 11) is 0. The van der Waals surface area contributed by atoms with E-state index in [-0.39, 0.29) is 5.11 Å². The van der Waals surface area contributed by atoms with E-state index < -0.39 is 0 Å². The molecule has 0 saturated heterocycles. The SMILES string of the molecule is CCO/C(CC)=N\NC(N)=S. The first-order chi connectivity index (χ1) is 5.20. The molecule has 0 aliphatic carbocycles. The third-order valence-electron chi connectivity index (χ3n) is 0.904.